The number of nitrogens with zero attached hydrogens (tertiary/aromatic N) is 7. The van der Waals surface area contributed by atoms with Crippen LogP contribution in [0.4, 0.5) is 11.6 Å². The van der Waals surface area contributed by atoms with E-state index in [0.29, 0.717) is 18.3 Å². The van der Waals surface area contributed by atoms with Crippen LogP contribution in [0.25, 0.3) is 5.65 Å². The largest absolute Gasteiger partial charge is 0.357 e. The van der Waals surface area contributed by atoms with E-state index >= 15 is 0 Å². The molecule has 1 aliphatic heterocycles. The molecule has 1 unspecified atom stereocenters. The van der Waals surface area contributed by atoms with Crippen molar-refractivity contribution in [1.29, 1.82) is 0 Å². The average Bonchev–Trinajstić information content (AvgIpc) is 3.16. The van der Waals surface area contributed by atoms with Crippen LogP contribution in [-0.4, -0.2) is 48.1 Å². The molecule has 1 N–H and O–H groups in total. The third kappa shape index (κ3) is 2.42. The number of rotatable bonds is 4. The van der Waals surface area contributed by atoms with E-state index in [4.69, 9.17) is 0 Å². The molecule has 1 saturated heterocycles. The van der Waals surface area contributed by atoms with Crippen molar-refractivity contribution in [3.8, 4) is 0 Å². The van der Waals surface area contributed by atoms with Crippen molar-refractivity contribution in [1.82, 2.24) is 29.6 Å². The molecule has 26 heavy (non-hydrogen) atoms. The zero-order valence-electron chi connectivity index (χ0n) is 14.8. The van der Waals surface area contributed by atoms with Crippen molar-refractivity contribution in [3.63, 3.8) is 0 Å². The molecule has 2 aliphatic rings. The van der Waals surface area contributed by atoms with E-state index in [0.717, 1.165) is 42.2 Å². The molecule has 3 aromatic heterocycles. The number of carbonyl (C=O) groups excluding carboxylic acids is 1. The Balaban J connectivity index is 1.38. The van der Waals surface area contributed by atoms with E-state index in [1.807, 2.05) is 32.2 Å². The Morgan fingerprint density at radius 2 is 2.00 bits per heavy atom. The lowest BCUT2D eigenvalue weighted by atomic mass is 10.2. The van der Waals surface area contributed by atoms with Crippen molar-refractivity contribution >= 4 is 23.2 Å². The number of anilines is 2. The van der Waals surface area contributed by atoms with Gasteiger partial charge < -0.3 is 5.32 Å². The molecule has 134 valence electrons. The summed E-state index contributed by atoms with van der Waals surface area (Å²) < 4.78 is 3.54. The molecule has 4 heterocycles. The van der Waals surface area contributed by atoms with Crippen LogP contribution in [0, 0.1) is 6.92 Å². The number of hydrogen-bond donors (Lipinski definition) is 1. The Hall–Kier alpha value is -2.97. The predicted molar refractivity (Wildman–Crippen MR) is 95.1 cm³/mol. The molecule has 1 saturated carbocycles. The number of nitrogens with one attached hydrogen (secondary N) is 1. The van der Waals surface area contributed by atoms with Crippen molar-refractivity contribution in [2.45, 2.75) is 38.1 Å². The second kappa shape index (κ2) is 5.52. The fourth-order valence-corrected chi connectivity index (χ4v) is 3.55. The molecular formula is C17H20N8O. The van der Waals surface area contributed by atoms with Gasteiger partial charge in [0.15, 0.2) is 11.5 Å². The molecule has 9 heteroatoms. The Labute approximate surface area is 150 Å². The summed E-state index contributed by atoms with van der Waals surface area (Å²) in [6.45, 7) is 2.59. The highest BCUT2D eigenvalue weighted by atomic mass is 16.2. The van der Waals surface area contributed by atoms with E-state index in [1.165, 1.54) is 0 Å². The summed E-state index contributed by atoms with van der Waals surface area (Å²) in [7, 11) is 1.86. The third-order valence-electron chi connectivity index (χ3n) is 5.01. The highest BCUT2D eigenvalue weighted by molar-refractivity contribution is 6.00. The molecule has 0 bridgehead atoms. The van der Waals surface area contributed by atoms with Gasteiger partial charge in [0, 0.05) is 25.6 Å². The van der Waals surface area contributed by atoms with Gasteiger partial charge in [-0.3, -0.25) is 14.4 Å². The summed E-state index contributed by atoms with van der Waals surface area (Å²) in [5.74, 6) is 2.91. The minimum Gasteiger partial charge on any atom is -0.357 e. The predicted octanol–water partition coefficient (Wildman–Crippen LogP) is 1.26. The second-order valence-electron chi connectivity index (χ2n) is 7.06. The van der Waals surface area contributed by atoms with E-state index in [9.17, 15) is 4.79 Å². The lowest BCUT2D eigenvalue weighted by Gasteiger charge is -2.17. The van der Waals surface area contributed by atoms with Crippen LogP contribution in [-0.2, 0) is 11.8 Å². The average molecular weight is 352 g/mol. The van der Waals surface area contributed by atoms with Gasteiger partial charge in [-0.05, 0) is 38.3 Å². The van der Waals surface area contributed by atoms with Gasteiger partial charge in [-0.25, -0.2) is 0 Å². The van der Waals surface area contributed by atoms with Gasteiger partial charge in [-0.1, -0.05) is 0 Å². The van der Waals surface area contributed by atoms with Crippen molar-refractivity contribution in [2.24, 2.45) is 7.05 Å². The quantitative estimate of drug-likeness (QED) is 0.760. The topological polar surface area (TPSA) is 93.2 Å². The molecule has 1 atom stereocenters. The van der Waals surface area contributed by atoms with Gasteiger partial charge in [0.1, 0.15) is 17.7 Å². The fraction of sp³-hybridized carbons (Fsp3) is 0.471. The lowest BCUT2D eigenvalue weighted by Crippen LogP contribution is -2.34. The number of aryl methyl sites for hydroxylation is 2. The van der Waals surface area contributed by atoms with E-state index in [-0.39, 0.29) is 11.9 Å². The zero-order chi connectivity index (χ0) is 17.8. The molecular weight excluding hydrogens is 332 g/mol. The minimum absolute atomic E-state index is 0.0427. The van der Waals surface area contributed by atoms with Crippen molar-refractivity contribution in [2.75, 3.05) is 16.8 Å². The lowest BCUT2D eigenvalue weighted by molar-refractivity contribution is -0.117. The van der Waals surface area contributed by atoms with Crippen molar-refractivity contribution < 1.29 is 4.79 Å². The first-order valence-electron chi connectivity index (χ1n) is 8.91. The molecule has 5 rings (SSSR count). The number of fused-ring (bicyclic) bond motifs is 1. The first-order valence-corrected chi connectivity index (χ1v) is 8.91. The summed E-state index contributed by atoms with van der Waals surface area (Å²) >= 11 is 0. The number of amides is 1. The third-order valence-corrected chi connectivity index (χ3v) is 5.01. The molecule has 1 amide bonds. The molecule has 0 aromatic carbocycles. The van der Waals surface area contributed by atoms with Gasteiger partial charge >= 0.3 is 0 Å². The van der Waals surface area contributed by atoms with Crippen LogP contribution in [0.3, 0.4) is 0 Å². The molecule has 0 spiro atoms. The number of carbonyl (C=O) groups is 1. The van der Waals surface area contributed by atoms with Gasteiger partial charge in [-0.2, -0.15) is 9.61 Å². The van der Waals surface area contributed by atoms with Crippen LogP contribution in [0.5, 0.6) is 0 Å². The Morgan fingerprint density at radius 3 is 2.73 bits per heavy atom. The maximum atomic E-state index is 12.8. The van der Waals surface area contributed by atoms with E-state index in [2.05, 4.69) is 25.7 Å². The van der Waals surface area contributed by atoms with Crippen LogP contribution in [0.2, 0.25) is 0 Å². The summed E-state index contributed by atoms with van der Waals surface area (Å²) in [4.78, 5) is 14.6. The zero-order valence-corrected chi connectivity index (χ0v) is 14.8. The highest BCUT2D eigenvalue weighted by Crippen LogP contribution is 2.38. The number of aromatic nitrogens is 6. The van der Waals surface area contributed by atoms with E-state index < -0.39 is 0 Å². The first-order chi connectivity index (χ1) is 12.6. The maximum absolute atomic E-state index is 12.8. The minimum atomic E-state index is -0.295. The standard InChI is InChI=1S/C17H20N8O/c1-10-9-15(23(2)21-10)24-8-7-12(17(24)26)18-13-5-6-14-19-20-16(11-3-4-11)25(14)22-13/h5-6,9,11-12H,3-4,7-8H2,1-2H3,(H,18,22). The van der Waals surface area contributed by atoms with Crippen LogP contribution in [0.1, 0.15) is 36.7 Å². The Bertz CT molecular complexity index is 1000. The fourth-order valence-electron chi connectivity index (χ4n) is 3.55. The molecule has 1 aliphatic carbocycles. The van der Waals surface area contributed by atoms with Gasteiger partial charge in [-0.15, -0.1) is 15.3 Å². The smallest absolute Gasteiger partial charge is 0.250 e. The van der Waals surface area contributed by atoms with Gasteiger partial charge in [0.25, 0.3) is 5.91 Å². The summed E-state index contributed by atoms with van der Waals surface area (Å²) in [6, 6.07) is 5.38. The number of hydrogen-bond acceptors (Lipinski definition) is 6. The van der Waals surface area contributed by atoms with Crippen LogP contribution < -0.4 is 10.2 Å². The van der Waals surface area contributed by atoms with Crippen LogP contribution >= 0.6 is 0 Å². The van der Waals surface area contributed by atoms with Gasteiger partial charge in [0.2, 0.25) is 0 Å². The normalized spacial score (nSPS) is 20.3. The van der Waals surface area contributed by atoms with Crippen molar-refractivity contribution in [3.05, 3.63) is 29.7 Å². The Morgan fingerprint density at radius 1 is 1.15 bits per heavy atom. The molecule has 2 fully saturated rings. The highest BCUT2D eigenvalue weighted by Gasteiger charge is 2.34. The molecule has 3 aromatic rings. The monoisotopic (exact) mass is 352 g/mol. The first kappa shape index (κ1) is 15.3. The summed E-state index contributed by atoms with van der Waals surface area (Å²) in [6.07, 6.45) is 3.00. The summed E-state index contributed by atoms with van der Waals surface area (Å²) in [5.41, 5.74) is 1.64. The Kier molecular flexibility index (Phi) is 3.25. The van der Waals surface area contributed by atoms with Crippen LogP contribution in [0.15, 0.2) is 18.2 Å². The molecule has 9 nitrogen and oxygen atoms in total. The SMILES string of the molecule is Cc1cc(N2CCC(Nc3ccc4nnc(C5CC5)n4n3)C2=O)n(C)n1. The molecule has 0 radical (unpaired) electrons. The van der Waals surface area contributed by atoms with E-state index in [1.54, 1.807) is 14.1 Å². The maximum Gasteiger partial charge on any atom is 0.250 e. The van der Waals surface area contributed by atoms with Gasteiger partial charge in [0.05, 0.1) is 5.69 Å². The second-order valence-corrected chi connectivity index (χ2v) is 7.06. The summed E-state index contributed by atoms with van der Waals surface area (Å²) in [5, 5.41) is 20.6.